The summed E-state index contributed by atoms with van der Waals surface area (Å²) in [6.07, 6.45) is 6.90. The van der Waals surface area contributed by atoms with Crippen LogP contribution in [0.4, 0.5) is 51.2 Å². The number of fused-ring (bicyclic) bond motifs is 9. The quantitative estimate of drug-likeness (QED) is 0.160. The molecular formula is C72H80BN3O. The lowest BCUT2D eigenvalue weighted by Gasteiger charge is -2.47. The average molecular weight is 1010 g/mol. The highest BCUT2D eigenvalue weighted by atomic mass is 16.3. The first-order valence-corrected chi connectivity index (χ1v) is 29.0. The predicted octanol–water partition coefficient (Wildman–Crippen LogP) is 18.3. The van der Waals surface area contributed by atoms with Gasteiger partial charge >= 0.3 is 0 Å². The van der Waals surface area contributed by atoms with Gasteiger partial charge in [-0.2, -0.15) is 0 Å². The molecule has 7 aromatic carbocycles. The molecule has 4 nitrogen and oxygen atoms in total. The van der Waals surface area contributed by atoms with Crippen LogP contribution in [0.25, 0.3) is 11.0 Å². The minimum absolute atomic E-state index is 0.00495. The third-order valence-corrected chi connectivity index (χ3v) is 20.0. The molecule has 0 saturated carbocycles. The first kappa shape index (κ1) is 50.1. The molecule has 5 heteroatoms. The van der Waals surface area contributed by atoms with Crippen LogP contribution in [-0.4, -0.2) is 6.71 Å². The highest BCUT2D eigenvalue weighted by molar-refractivity contribution is 7.00. The Morgan fingerprint density at radius 1 is 0.429 bits per heavy atom. The number of furan rings is 1. The molecule has 0 atom stereocenters. The van der Waals surface area contributed by atoms with E-state index in [9.17, 15) is 0 Å². The van der Waals surface area contributed by atoms with E-state index in [-0.39, 0.29) is 44.6 Å². The first-order chi connectivity index (χ1) is 36.3. The highest BCUT2D eigenvalue weighted by Gasteiger charge is 2.50. The van der Waals surface area contributed by atoms with E-state index >= 15 is 0 Å². The van der Waals surface area contributed by atoms with Gasteiger partial charge in [-0.25, -0.2) is 0 Å². The van der Waals surface area contributed by atoms with E-state index in [0.29, 0.717) is 0 Å². The van der Waals surface area contributed by atoms with Gasteiger partial charge in [0, 0.05) is 45.2 Å². The van der Waals surface area contributed by atoms with Crippen molar-refractivity contribution in [2.24, 2.45) is 0 Å². The van der Waals surface area contributed by atoms with Crippen molar-refractivity contribution in [1.29, 1.82) is 0 Å². The molecule has 5 aliphatic rings. The van der Waals surface area contributed by atoms with Crippen molar-refractivity contribution in [2.75, 3.05) is 14.7 Å². The maximum atomic E-state index is 7.72. The third kappa shape index (κ3) is 7.66. The Morgan fingerprint density at radius 2 is 0.870 bits per heavy atom. The van der Waals surface area contributed by atoms with E-state index in [2.05, 4.69) is 258 Å². The second-order valence-electron chi connectivity index (χ2n) is 29.0. The van der Waals surface area contributed by atoms with Crippen LogP contribution in [0.3, 0.4) is 0 Å². The lowest BCUT2D eigenvalue weighted by molar-refractivity contribution is 0.332. The lowest BCUT2D eigenvalue weighted by Crippen LogP contribution is -2.61. The third-order valence-electron chi connectivity index (χ3n) is 20.0. The Hall–Kier alpha value is -6.46. The highest BCUT2D eigenvalue weighted by Crippen LogP contribution is 2.56. The number of benzene rings is 7. The van der Waals surface area contributed by atoms with Crippen LogP contribution in [-0.2, 0) is 37.9 Å². The van der Waals surface area contributed by atoms with Gasteiger partial charge in [0.05, 0.1) is 17.0 Å². The molecule has 0 unspecified atom stereocenters. The fraction of sp³-hybridized carbons (Fsp3) is 0.389. The van der Waals surface area contributed by atoms with E-state index in [1.54, 1.807) is 0 Å². The van der Waals surface area contributed by atoms with Gasteiger partial charge in [0.15, 0.2) is 0 Å². The van der Waals surface area contributed by atoms with Crippen LogP contribution in [0.5, 0.6) is 0 Å². The molecule has 1 aromatic heterocycles. The summed E-state index contributed by atoms with van der Waals surface area (Å²) in [5.74, 6) is 0. The summed E-state index contributed by atoms with van der Waals surface area (Å²) < 4.78 is 7.72. The van der Waals surface area contributed by atoms with Gasteiger partial charge in [0.25, 0.3) is 6.71 Å². The molecule has 0 spiro atoms. The Balaban J connectivity index is 1.21. The molecule has 0 radical (unpaired) electrons. The standard InChI is InChI=1S/C72H80BN3O/c1-66(2,3)45-26-29-51-62(38-45)77-65-64(51)76(49-28-31-53-55(40-49)70(10,11)35-33-68(53,6)7)61-42-50(74(46-22-18-16-19-23-46)47-24-20-17-21-25-47)41-60-63(61)73(65)58-43-56-57(72(14,15)37-36-71(56,12)13)44-59(58)75(60)48-27-30-52-54(39-48)69(8,9)34-32-67(52,4)5/h16-31,38-44H,32-37H2,1-15H3. The smallest absolute Gasteiger partial charge is 0.297 e. The van der Waals surface area contributed by atoms with Crippen LogP contribution in [0.1, 0.15) is 181 Å². The summed E-state index contributed by atoms with van der Waals surface area (Å²) in [6, 6.07) is 54.4. The Bertz CT molecular complexity index is 3670. The monoisotopic (exact) mass is 1010 g/mol. The minimum atomic E-state index is -0.189. The maximum absolute atomic E-state index is 7.72. The zero-order valence-electron chi connectivity index (χ0n) is 48.8. The molecule has 2 aliphatic heterocycles. The molecule has 0 bridgehead atoms. The molecule has 392 valence electrons. The van der Waals surface area contributed by atoms with Gasteiger partial charge in [-0.15, -0.1) is 0 Å². The van der Waals surface area contributed by atoms with Gasteiger partial charge in [-0.1, -0.05) is 165 Å². The molecule has 0 fully saturated rings. The fourth-order valence-corrected chi connectivity index (χ4v) is 14.7. The minimum Gasteiger partial charge on any atom is -0.468 e. The van der Waals surface area contributed by atoms with E-state index in [1.165, 1.54) is 91.1 Å². The predicted molar refractivity (Wildman–Crippen MR) is 329 cm³/mol. The summed E-state index contributed by atoms with van der Waals surface area (Å²) in [7, 11) is 0. The molecule has 8 aromatic rings. The Kier molecular flexibility index (Phi) is 10.8. The second kappa shape index (κ2) is 16.5. The number of hydrogen-bond donors (Lipinski definition) is 0. The van der Waals surface area contributed by atoms with E-state index in [0.717, 1.165) is 65.1 Å². The van der Waals surface area contributed by atoms with Gasteiger partial charge in [0.1, 0.15) is 5.58 Å². The fourth-order valence-electron chi connectivity index (χ4n) is 14.7. The number of anilines is 9. The van der Waals surface area contributed by atoms with Crippen molar-refractivity contribution >= 4 is 85.5 Å². The molecule has 3 aliphatic carbocycles. The summed E-state index contributed by atoms with van der Waals surface area (Å²) >= 11 is 0. The number of nitrogens with zero attached hydrogens (tertiary/aromatic N) is 3. The van der Waals surface area contributed by atoms with Crippen LogP contribution < -0.4 is 31.3 Å². The molecule has 0 N–H and O–H groups in total. The average Bonchev–Trinajstić information content (AvgIpc) is 4.05. The number of para-hydroxylation sites is 2. The van der Waals surface area contributed by atoms with Crippen molar-refractivity contribution in [3.8, 4) is 0 Å². The molecule has 0 amide bonds. The number of hydrogen-bond acceptors (Lipinski definition) is 4. The van der Waals surface area contributed by atoms with Crippen LogP contribution in [0.2, 0.25) is 0 Å². The summed E-state index contributed by atoms with van der Waals surface area (Å²) in [5.41, 5.74) is 25.2. The van der Waals surface area contributed by atoms with E-state index < -0.39 is 0 Å². The van der Waals surface area contributed by atoms with E-state index in [4.69, 9.17) is 4.42 Å². The second-order valence-corrected chi connectivity index (χ2v) is 29.0. The summed E-state index contributed by atoms with van der Waals surface area (Å²) in [5, 5.41) is 1.15. The van der Waals surface area contributed by atoms with Crippen molar-refractivity contribution in [3.05, 3.63) is 178 Å². The summed E-state index contributed by atoms with van der Waals surface area (Å²) in [6.45, 7) is 36.3. The van der Waals surface area contributed by atoms with Gasteiger partial charge < -0.3 is 19.1 Å². The lowest BCUT2D eigenvalue weighted by atomic mass is 9.35. The largest absolute Gasteiger partial charge is 0.468 e. The number of rotatable bonds is 5. The molecule has 13 rings (SSSR count). The zero-order valence-corrected chi connectivity index (χ0v) is 48.8. The van der Waals surface area contributed by atoms with Crippen LogP contribution >= 0.6 is 0 Å². The van der Waals surface area contributed by atoms with Crippen molar-refractivity contribution in [2.45, 2.75) is 180 Å². The van der Waals surface area contributed by atoms with Crippen molar-refractivity contribution in [1.82, 2.24) is 0 Å². The molecule has 77 heavy (non-hydrogen) atoms. The Labute approximate surface area is 461 Å². The SMILES string of the molecule is CC(C)(C)c1ccc2c3c(oc2c1)B1c2cc4c(cc2N(c2ccc5c(c2)C(C)(C)CCC5(C)C)c2cc(N(c5ccccc5)c5ccccc5)cc(c21)N3c1ccc2c(c1)C(C)(C)CCC2(C)C)C(C)(C)CCC4(C)C. The molecular weight excluding hydrogens is 934 g/mol. The topological polar surface area (TPSA) is 22.9 Å². The molecule has 3 heterocycles. The summed E-state index contributed by atoms with van der Waals surface area (Å²) in [4.78, 5) is 7.81. The molecule has 0 saturated heterocycles. The maximum Gasteiger partial charge on any atom is 0.297 e. The zero-order chi connectivity index (χ0) is 54.1. The van der Waals surface area contributed by atoms with Crippen LogP contribution in [0.15, 0.2) is 144 Å². The van der Waals surface area contributed by atoms with Crippen molar-refractivity contribution < 1.29 is 4.42 Å². The van der Waals surface area contributed by atoms with Gasteiger partial charge in [-0.05, 0) is 205 Å². The Morgan fingerprint density at radius 3 is 1.36 bits per heavy atom. The van der Waals surface area contributed by atoms with E-state index in [1.807, 2.05) is 0 Å². The normalized spacial score (nSPS) is 19.6. The van der Waals surface area contributed by atoms with Crippen LogP contribution in [0, 0.1) is 0 Å². The van der Waals surface area contributed by atoms with Gasteiger partial charge in [-0.3, -0.25) is 0 Å². The van der Waals surface area contributed by atoms with Crippen molar-refractivity contribution in [3.63, 3.8) is 0 Å². The van der Waals surface area contributed by atoms with Gasteiger partial charge in [0.2, 0.25) is 0 Å². The first-order valence-electron chi connectivity index (χ1n) is 29.0.